The van der Waals surface area contributed by atoms with Gasteiger partial charge in [0.25, 0.3) is 0 Å². The summed E-state index contributed by atoms with van der Waals surface area (Å²) >= 11 is 0. The van der Waals surface area contributed by atoms with Crippen LogP contribution in [0.15, 0.2) is 48.5 Å². The molecule has 2 aromatic carbocycles. The van der Waals surface area contributed by atoms with Crippen molar-refractivity contribution in [2.24, 2.45) is 0 Å². The molecule has 0 heterocycles. The van der Waals surface area contributed by atoms with E-state index in [2.05, 4.69) is 10.6 Å². The fourth-order valence-corrected chi connectivity index (χ4v) is 1.86. The van der Waals surface area contributed by atoms with Gasteiger partial charge in [-0.3, -0.25) is 0 Å². The summed E-state index contributed by atoms with van der Waals surface area (Å²) in [4.78, 5) is 22.4. The molecule has 2 aromatic rings. The Kier molecular flexibility index (Phi) is 19.9. The zero-order valence-corrected chi connectivity index (χ0v) is 21.6. The molecule has 0 aliphatic rings. The van der Waals surface area contributed by atoms with Crippen LogP contribution in [-0.4, -0.2) is 24.9 Å². The number of hydrogen-bond donors (Lipinski definition) is 0. The Hall–Kier alpha value is -0.777. The second kappa shape index (κ2) is 17.3. The zero-order chi connectivity index (χ0) is 17.9. The van der Waals surface area contributed by atoms with Gasteiger partial charge in [0.15, 0.2) is 0 Å². The smallest absolute Gasteiger partial charge is 1.00 e. The molecule has 0 unspecified atom stereocenters. The minimum atomic E-state index is -0.127. The van der Waals surface area contributed by atoms with Crippen LogP contribution in [0.2, 0.25) is 0 Å². The number of amides is 2. The Balaban J connectivity index is -0.000000384. The van der Waals surface area contributed by atoms with Crippen molar-refractivity contribution in [3.63, 3.8) is 0 Å². The molecule has 0 aliphatic heterocycles. The molecule has 0 aliphatic carbocycles. The van der Waals surface area contributed by atoms with Gasteiger partial charge in [0.1, 0.15) is 0 Å². The van der Waals surface area contributed by atoms with E-state index in [0.29, 0.717) is 24.2 Å². The first-order valence-corrected chi connectivity index (χ1v) is 8.04. The monoisotopic (exact) mass is 572 g/mol. The Labute approximate surface area is 202 Å². The van der Waals surface area contributed by atoms with Gasteiger partial charge in [-0.15, -0.1) is 13.1 Å². The van der Waals surface area contributed by atoms with Crippen molar-refractivity contribution >= 4 is 11.8 Å². The van der Waals surface area contributed by atoms with E-state index in [-0.39, 0.29) is 72.0 Å². The molecule has 0 N–H and O–H groups in total. The minimum absolute atomic E-state index is 0. The molecule has 2 amide bonds. The van der Waals surface area contributed by atoms with Crippen molar-refractivity contribution < 1.29 is 69.8 Å². The van der Waals surface area contributed by atoms with E-state index in [9.17, 15) is 9.59 Å². The zero-order valence-electron chi connectivity index (χ0n) is 16.0. The van der Waals surface area contributed by atoms with Crippen molar-refractivity contribution in [3.05, 3.63) is 81.4 Å². The summed E-state index contributed by atoms with van der Waals surface area (Å²) in [5.74, 6) is -0.255. The third-order valence-corrected chi connectivity index (χ3v) is 3.20. The van der Waals surface area contributed by atoms with E-state index >= 15 is 0 Å². The van der Waals surface area contributed by atoms with Crippen LogP contribution in [0.5, 0.6) is 0 Å². The molecular weight excluding hydrogens is 551 g/mol. The Morgan fingerprint density at radius 2 is 0.926 bits per heavy atom. The first-order valence-electron chi connectivity index (χ1n) is 8.04. The van der Waals surface area contributed by atoms with Crippen LogP contribution in [0.3, 0.4) is 0 Å². The van der Waals surface area contributed by atoms with Crippen LogP contribution in [0.4, 0.5) is 0 Å². The van der Waals surface area contributed by atoms with Gasteiger partial charge in [-0.25, -0.2) is 0 Å². The maximum absolute atomic E-state index is 11.2. The predicted molar refractivity (Wildman–Crippen MR) is 98.8 cm³/mol. The fourth-order valence-electron chi connectivity index (χ4n) is 1.86. The first-order chi connectivity index (χ1) is 11.5. The van der Waals surface area contributed by atoms with Gasteiger partial charge >= 0.3 is 26.2 Å². The maximum atomic E-state index is 11.2. The van der Waals surface area contributed by atoms with Crippen LogP contribution in [-0.2, 0) is 26.2 Å². The van der Waals surface area contributed by atoms with E-state index in [1.54, 1.807) is 24.3 Å². The molecule has 144 valence electrons. The number of hydrogen-bond acceptors (Lipinski definition) is 2. The molecule has 0 saturated carbocycles. The number of benzene rings is 2. The van der Waals surface area contributed by atoms with Crippen LogP contribution < -0.4 is 34.0 Å². The van der Waals surface area contributed by atoms with Gasteiger partial charge < -0.3 is 54.2 Å². The molecule has 27 heavy (non-hydrogen) atoms. The van der Waals surface area contributed by atoms with Gasteiger partial charge in [0, 0.05) is 0 Å². The van der Waals surface area contributed by atoms with E-state index in [4.69, 9.17) is 0 Å². The summed E-state index contributed by atoms with van der Waals surface area (Å²) in [6, 6.07) is 14.9. The van der Waals surface area contributed by atoms with Crippen molar-refractivity contribution in [2.45, 2.75) is 27.7 Å². The molecule has 0 radical (unpaired) electrons. The molecule has 7 heteroatoms. The Morgan fingerprint density at radius 3 is 1.15 bits per heavy atom. The van der Waals surface area contributed by atoms with Gasteiger partial charge in [-0.1, -0.05) is 73.5 Å². The number of aryl methyl sites for hydroxylation is 2. The molecule has 0 aromatic heterocycles. The summed E-state index contributed by atoms with van der Waals surface area (Å²) in [5, 5.41) is 7.57. The molecule has 0 atom stereocenters. The van der Waals surface area contributed by atoms with Crippen LogP contribution in [0, 0.1) is 13.8 Å². The standard InChI is InChI=1S/2C10H13NO.2BrH.Zr/c2*1-3-11-10(12)9-6-4-8(2)5-7-9;;;/h2*4-7H,3H2,1-2H3,(H,11,12);2*1H;/q;;;;+4/p-4. The van der Waals surface area contributed by atoms with Crippen LogP contribution in [0.25, 0.3) is 10.6 Å². The van der Waals surface area contributed by atoms with Gasteiger partial charge in [0.05, 0.1) is 11.8 Å². The number of rotatable bonds is 4. The molecule has 0 bridgehead atoms. The van der Waals surface area contributed by atoms with E-state index in [0.717, 1.165) is 11.1 Å². The molecule has 4 nitrogen and oxygen atoms in total. The number of halogens is 2. The van der Waals surface area contributed by atoms with Crippen molar-refractivity contribution in [1.82, 2.24) is 0 Å². The van der Waals surface area contributed by atoms with Gasteiger partial charge in [0.2, 0.25) is 0 Å². The average molecular weight is 575 g/mol. The quantitative estimate of drug-likeness (QED) is 0.473. The van der Waals surface area contributed by atoms with Crippen LogP contribution >= 0.6 is 0 Å². The Morgan fingerprint density at radius 1 is 0.667 bits per heavy atom. The van der Waals surface area contributed by atoms with Crippen molar-refractivity contribution in [3.8, 4) is 0 Å². The first kappa shape index (κ1) is 30.9. The summed E-state index contributed by atoms with van der Waals surface area (Å²) in [7, 11) is 0. The largest absolute Gasteiger partial charge is 4.00 e. The molecule has 0 fully saturated rings. The predicted octanol–water partition coefficient (Wildman–Crippen LogP) is -0.937. The number of carbonyl (C=O) groups excluding carboxylic acids is 2. The van der Waals surface area contributed by atoms with Gasteiger partial charge in [-0.05, 0) is 25.0 Å². The van der Waals surface area contributed by atoms with E-state index < -0.39 is 0 Å². The molecule has 0 spiro atoms. The van der Waals surface area contributed by atoms with E-state index in [1.807, 2.05) is 52.0 Å². The normalized spacial score (nSPS) is 8.44. The topological polar surface area (TPSA) is 62.3 Å². The SMILES string of the molecule is CC[N-]C(=O)c1ccc(C)cc1.CC[N-]C(=O)c1ccc(C)cc1.[Br-].[Br-].[Zr+4]. The molecule has 2 rings (SSSR count). The van der Waals surface area contributed by atoms with Crippen molar-refractivity contribution in [2.75, 3.05) is 13.1 Å². The van der Waals surface area contributed by atoms with E-state index in [1.165, 1.54) is 0 Å². The third-order valence-electron chi connectivity index (χ3n) is 3.20. The Bertz CT molecular complexity index is 603. The third kappa shape index (κ3) is 12.3. The molecule has 0 saturated heterocycles. The fraction of sp³-hybridized carbons (Fsp3) is 0.300. The van der Waals surface area contributed by atoms with Gasteiger partial charge in [-0.2, -0.15) is 0 Å². The molecular formula is C20H24Br2N2O2Zr. The number of nitrogens with zero attached hydrogens (tertiary/aromatic N) is 2. The summed E-state index contributed by atoms with van der Waals surface area (Å²) < 4.78 is 0. The second-order valence-corrected chi connectivity index (χ2v) is 5.29. The average Bonchev–Trinajstić information content (AvgIpc) is 2.57. The summed E-state index contributed by atoms with van der Waals surface area (Å²) in [5.41, 5.74) is 3.65. The minimum Gasteiger partial charge on any atom is -1.00 e. The summed E-state index contributed by atoms with van der Waals surface area (Å²) in [6.45, 7) is 8.79. The van der Waals surface area contributed by atoms with Crippen molar-refractivity contribution in [1.29, 1.82) is 0 Å². The maximum Gasteiger partial charge on any atom is 4.00 e. The number of carbonyl (C=O) groups is 2. The summed E-state index contributed by atoms with van der Waals surface area (Å²) in [6.07, 6.45) is 0. The van der Waals surface area contributed by atoms with Crippen LogP contribution in [0.1, 0.15) is 45.7 Å². The second-order valence-electron chi connectivity index (χ2n) is 5.29.